The van der Waals surface area contributed by atoms with Crippen molar-refractivity contribution in [2.75, 3.05) is 26.2 Å². The third-order valence-corrected chi connectivity index (χ3v) is 3.54. The molecule has 1 N–H and O–H groups in total. The molecule has 0 aromatic rings. The van der Waals surface area contributed by atoms with Crippen LogP contribution in [0.1, 0.15) is 40.5 Å². The van der Waals surface area contributed by atoms with Gasteiger partial charge in [0, 0.05) is 25.7 Å². The van der Waals surface area contributed by atoms with E-state index in [9.17, 15) is 0 Å². The average Bonchev–Trinajstić information content (AvgIpc) is 2.94. The lowest BCUT2D eigenvalue weighted by molar-refractivity contribution is -0.130. The van der Waals surface area contributed by atoms with Gasteiger partial charge < -0.3 is 10.1 Å². The number of rotatable bonds is 5. The Hall–Kier alpha value is -0.120. The van der Waals surface area contributed by atoms with Gasteiger partial charge in [0.05, 0.1) is 11.7 Å². The molecule has 2 fully saturated rings. The fraction of sp³-hybridized carbons (Fsp3) is 1.00. The molecule has 0 bridgehead atoms. The first kappa shape index (κ1) is 13.3. The van der Waals surface area contributed by atoms with Crippen molar-refractivity contribution in [1.82, 2.24) is 10.2 Å². The van der Waals surface area contributed by atoms with Gasteiger partial charge in [-0.05, 0) is 46.1 Å². The van der Waals surface area contributed by atoms with E-state index >= 15 is 0 Å². The van der Waals surface area contributed by atoms with Crippen LogP contribution in [0.25, 0.3) is 0 Å². The van der Waals surface area contributed by atoms with Gasteiger partial charge in [-0.15, -0.1) is 0 Å². The summed E-state index contributed by atoms with van der Waals surface area (Å²) in [6, 6.07) is 0.831. The molecule has 100 valence electrons. The van der Waals surface area contributed by atoms with E-state index in [0.29, 0.717) is 6.10 Å². The first-order valence-corrected chi connectivity index (χ1v) is 7.08. The van der Waals surface area contributed by atoms with E-state index in [1.54, 1.807) is 0 Å². The lowest BCUT2D eigenvalue weighted by Gasteiger charge is -2.42. The second-order valence-corrected chi connectivity index (χ2v) is 6.67. The summed E-state index contributed by atoms with van der Waals surface area (Å²) in [7, 11) is 0. The molecule has 2 unspecified atom stereocenters. The number of nitrogens with one attached hydrogen (secondary N) is 1. The molecule has 3 heteroatoms. The standard InChI is InChI=1S/C14H28N2O/c1-11(7-15-13-5-6-13)8-16-9-12(2)17-14(3,4)10-16/h11-13,15H,5-10H2,1-4H3. The highest BCUT2D eigenvalue weighted by atomic mass is 16.5. The highest BCUT2D eigenvalue weighted by molar-refractivity contribution is 4.85. The molecule has 1 aliphatic heterocycles. The molecular weight excluding hydrogens is 212 g/mol. The fourth-order valence-electron chi connectivity index (χ4n) is 2.89. The van der Waals surface area contributed by atoms with Gasteiger partial charge in [0.25, 0.3) is 0 Å². The lowest BCUT2D eigenvalue weighted by atomic mass is 10.0. The molecule has 2 rings (SSSR count). The predicted molar refractivity (Wildman–Crippen MR) is 71.3 cm³/mol. The molecule has 1 heterocycles. The Kier molecular flexibility index (Phi) is 4.11. The third kappa shape index (κ3) is 4.57. The highest BCUT2D eigenvalue weighted by Crippen LogP contribution is 2.22. The first-order valence-electron chi connectivity index (χ1n) is 7.08. The lowest BCUT2D eigenvalue weighted by Crippen LogP contribution is -2.53. The molecule has 0 amide bonds. The van der Waals surface area contributed by atoms with E-state index in [2.05, 4.69) is 37.9 Å². The Morgan fingerprint density at radius 1 is 1.41 bits per heavy atom. The second kappa shape index (κ2) is 5.25. The van der Waals surface area contributed by atoms with Crippen LogP contribution in [0.5, 0.6) is 0 Å². The highest BCUT2D eigenvalue weighted by Gasteiger charge is 2.31. The number of ether oxygens (including phenoxy) is 1. The Bertz CT molecular complexity index is 251. The van der Waals surface area contributed by atoms with Gasteiger partial charge in [0.1, 0.15) is 0 Å². The van der Waals surface area contributed by atoms with Gasteiger partial charge in [0.2, 0.25) is 0 Å². The third-order valence-electron chi connectivity index (χ3n) is 3.54. The van der Waals surface area contributed by atoms with Crippen molar-refractivity contribution in [2.24, 2.45) is 5.92 Å². The van der Waals surface area contributed by atoms with Gasteiger partial charge in [-0.3, -0.25) is 4.90 Å². The zero-order valence-corrected chi connectivity index (χ0v) is 11.8. The minimum Gasteiger partial charge on any atom is -0.370 e. The van der Waals surface area contributed by atoms with Crippen LogP contribution >= 0.6 is 0 Å². The number of hydrogen-bond donors (Lipinski definition) is 1. The summed E-state index contributed by atoms with van der Waals surface area (Å²) in [5.74, 6) is 0.733. The first-order chi connectivity index (χ1) is 7.94. The van der Waals surface area contributed by atoms with E-state index in [4.69, 9.17) is 4.74 Å². The summed E-state index contributed by atoms with van der Waals surface area (Å²) in [5, 5.41) is 3.62. The van der Waals surface area contributed by atoms with Crippen LogP contribution in [0.3, 0.4) is 0 Å². The molecule has 1 saturated carbocycles. The van der Waals surface area contributed by atoms with E-state index in [-0.39, 0.29) is 5.60 Å². The molecule has 1 aliphatic carbocycles. The van der Waals surface area contributed by atoms with Gasteiger partial charge in [0.15, 0.2) is 0 Å². The van der Waals surface area contributed by atoms with Crippen molar-refractivity contribution in [3.63, 3.8) is 0 Å². The molecule has 3 nitrogen and oxygen atoms in total. The SMILES string of the molecule is CC(CNC1CC1)CN1CC(C)OC(C)(C)C1. The molecule has 0 spiro atoms. The van der Waals surface area contributed by atoms with Crippen LogP contribution in [0.15, 0.2) is 0 Å². The molecular formula is C14H28N2O. The Balaban J connectivity index is 1.72. The maximum absolute atomic E-state index is 5.94. The van der Waals surface area contributed by atoms with Crippen LogP contribution < -0.4 is 5.32 Å². The van der Waals surface area contributed by atoms with Crippen LogP contribution in [-0.2, 0) is 4.74 Å². The second-order valence-electron chi connectivity index (χ2n) is 6.67. The number of hydrogen-bond acceptors (Lipinski definition) is 3. The zero-order chi connectivity index (χ0) is 12.5. The van der Waals surface area contributed by atoms with Gasteiger partial charge in [-0.25, -0.2) is 0 Å². The van der Waals surface area contributed by atoms with Crippen LogP contribution in [0.2, 0.25) is 0 Å². The fourth-order valence-corrected chi connectivity index (χ4v) is 2.89. The zero-order valence-electron chi connectivity index (χ0n) is 11.8. The molecule has 2 aliphatic rings. The van der Waals surface area contributed by atoms with Crippen LogP contribution in [-0.4, -0.2) is 48.8 Å². The Morgan fingerprint density at radius 3 is 2.71 bits per heavy atom. The van der Waals surface area contributed by atoms with E-state index in [1.807, 2.05) is 0 Å². The Labute approximate surface area is 106 Å². The van der Waals surface area contributed by atoms with Gasteiger partial charge in [-0.2, -0.15) is 0 Å². The maximum Gasteiger partial charge on any atom is 0.0757 e. The quantitative estimate of drug-likeness (QED) is 0.794. The molecule has 0 radical (unpaired) electrons. The van der Waals surface area contributed by atoms with Crippen molar-refractivity contribution < 1.29 is 4.74 Å². The summed E-state index contributed by atoms with van der Waals surface area (Å²) in [6.45, 7) is 13.4. The number of nitrogens with zero attached hydrogens (tertiary/aromatic N) is 1. The summed E-state index contributed by atoms with van der Waals surface area (Å²) in [6.07, 6.45) is 3.13. The van der Waals surface area contributed by atoms with Gasteiger partial charge in [-0.1, -0.05) is 6.92 Å². The smallest absolute Gasteiger partial charge is 0.0757 e. The summed E-state index contributed by atoms with van der Waals surface area (Å²) in [5.41, 5.74) is 0.0152. The minimum absolute atomic E-state index is 0.0152. The minimum atomic E-state index is 0.0152. The van der Waals surface area contributed by atoms with Gasteiger partial charge >= 0.3 is 0 Å². The van der Waals surface area contributed by atoms with Crippen molar-refractivity contribution >= 4 is 0 Å². The van der Waals surface area contributed by atoms with Crippen molar-refractivity contribution in [3.05, 3.63) is 0 Å². The van der Waals surface area contributed by atoms with Crippen LogP contribution in [0.4, 0.5) is 0 Å². The van der Waals surface area contributed by atoms with E-state index in [0.717, 1.165) is 31.6 Å². The normalized spacial score (nSPS) is 31.4. The molecule has 1 saturated heterocycles. The molecule has 17 heavy (non-hydrogen) atoms. The topological polar surface area (TPSA) is 24.5 Å². The van der Waals surface area contributed by atoms with Crippen molar-refractivity contribution in [3.8, 4) is 0 Å². The predicted octanol–water partition coefficient (Wildman–Crippen LogP) is 1.87. The Morgan fingerprint density at radius 2 is 2.12 bits per heavy atom. The van der Waals surface area contributed by atoms with Crippen LogP contribution in [0, 0.1) is 5.92 Å². The van der Waals surface area contributed by atoms with E-state index < -0.39 is 0 Å². The monoisotopic (exact) mass is 240 g/mol. The van der Waals surface area contributed by atoms with Crippen molar-refractivity contribution in [2.45, 2.75) is 58.3 Å². The molecule has 0 aromatic heterocycles. The maximum atomic E-state index is 5.94. The molecule has 2 atom stereocenters. The van der Waals surface area contributed by atoms with E-state index in [1.165, 1.54) is 19.4 Å². The summed E-state index contributed by atoms with van der Waals surface area (Å²) < 4.78 is 5.94. The summed E-state index contributed by atoms with van der Waals surface area (Å²) >= 11 is 0. The summed E-state index contributed by atoms with van der Waals surface area (Å²) in [4.78, 5) is 2.56. The largest absolute Gasteiger partial charge is 0.370 e. The average molecular weight is 240 g/mol. The van der Waals surface area contributed by atoms with Crippen molar-refractivity contribution in [1.29, 1.82) is 0 Å². The molecule has 0 aromatic carbocycles. The number of morpholine rings is 1.